The summed E-state index contributed by atoms with van der Waals surface area (Å²) in [4.78, 5) is 3.87. The van der Waals surface area contributed by atoms with Crippen LogP contribution in [-0.2, 0) is 9.47 Å². The first-order valence-corrected chi connectivity index (χ1v) is 4.67. The summed E-state index contributed by atoms with van der Waals surface area (Å²) in [6.45, 7) is 6.83. The molecule has 0 saturated heterocycles. The van der Waals surface area contributed by atoms with Gasteiger partial charge in [0.2, 0.25) is 0 Å². The van der Waals surface area contributed by atoms with Crippen molar-refractivity contribution in [2.24, 2.45) is 4.99 Å². The molecule has 0 heterocycles. The van der Waals surface area contributed by atoms with E-state index in [4.69, 9.17) is 9.47 Å². The van der Waals surface area contributed by atoms with E-state index in [1.54, 1.807) is 7.05 Å². The minimum atomic E-state index is 0.543. The molecule has 0 spiro atoms. The van der Waals surface area contributed by atoms with Crippen LogP contribution in [0.25, 0.3) is 0 Å². The van der Waals surface area contributed by atoms with Crippen LogP contribution in [0.1, 0.15) is 20.8 Å². The molecule has 0 rings (SSSR count). The Kier molecular flexibility index (Phi) is 7.61. The molecule has 0 atom stereocenters. The quantitative estimate of drug-likeness (QED) is 0.293. The van der Waals surface area contributed by atoms with Crippen LogP contribution in [0.15, 0.2) is 29.0 Å². The fraction of sp³-hybridized carbons (Fsp3) is 0.545. The molecule has 0 aliphatic rings. The Hall–Kier alpha value is -1.25. The van der Waals surface area contributed by atoms with Gasteiger partial charge in [-0.05, 0) is 32.1 Å². The number of ether oxygens (including phenoxy) is 2. The maximum atomic E-state index is 5.31. The molecule has 0 saturated carbocycles. The highest BCUT2D eigenvalue weighted by Crippen LogP contribution is 1.93. The molecule has 14 heavy (non-hydrogen) atoms. The number of rotatable bonds is 5. The Morgan fingerprint density at radius 2 is 1.71 bits per heavy atom. The third kappa shape index (κ3) is 7.40. The van der Waals surface area contributed by atoms with Gasteiger partial charge in [0.05, 0.1) is 5.76 Å². The van der Waals surface area contributed by atoms with Crippen LogP contribution < -0.4 is 0 Å². The van der Waals surface area contributed by atoms with Crippen LogP contribution >= 0.6 is 0 Å². The van der Waals surface area contributed by atoms with Crippen molar-refractivity contribution in [1.82, 2.24) is 0 Å². The number of aliphatic imine (C=N–C) groups is 1. The number of hydrogen-bond donors (Lipinski definition) is 0. The van der Waals surface area contributed by atoms with E-state index in [0.717, 1.165) is 5.76 Å². The van der Waals surface area contributed by atoms with Crippen molar-refractivity contribution in [3.8, 4) is 0 Å². The maximum absolute atomic E-state index is 5.31. The lowest BCUT2D eigenvalue weighted by molar-refractivity contribution is 0.248. The van der Waals surface area contributed by atoms with E-state index >= 15 is 0 Å². The molecule has 0 aromatic heterocycles. The van der Waals surface area contributed by atoms with Crippen LogP contribution in [0.2, 0.25) is 0 Å². The molecule has 0 aliphatic heterocycles. The van der Waals surface area contributed by atoms with Crippen molar-refractivity contribution in [2.75, 3.05) is 20.3 Å². The van der Waals surface area contributed by atoms with Crippen molar-refractivity contribution in [3.05, 3.63) is 24.0 Å². The largest absolute Gasteiger partial charge is 0.495 e. The van der Waals surface area contributed by atoms with Crippen molar-refractivity contribution in [3.63, 3.8) is 0 Å². The van der Waals surface area contributed by atoms with Gasteiger partial charge in [-0.2, -0.15) is 0 Å². The normalized spacial score (nSPS) is 13.4. The number of allylic oxidation sites excluding steroid dienone is 2. The Labute approximate surface area is 86.1 Å². The highest BCUT2D eigenvalue weighted by atomic mass is 16.5. The first-order valence-electron chi connectivity index (χ1n) is 4.67. The molecule has 0 aromatic carbocycles. The molecule has 0 bridgehead atoms. The lowest BCUT2D eigenvalue weighted by atomic mass is 10.5. The van der Waals surface area contributed by atoms with Gasteiger partial charge in [-0.25, -0.2) is 0 Å². The molecule has 0 fully saturated rings. The minimum Gasteiger partial charge on any atom is -0.495 e. The summed E-state index contributed by atoms with van der Waals surface area (Å²) in [6, 6.07) is 0. The zero-order chi connectivity index (χ0) is 10.8. The molecule has 3 heteroatoms. The molecule has 0 aliphatic carbocycles. The highest BCUT2D eigenvalue weighted by molar-refractivity contribution is 5.72. The Morgan fingerprint density at radius 3 is 2.21 bits per heavy atom. The average Bonchev–Trinajstić information content (AvgIpc) is 2.22. The van der Waals surface area contributed by atoms with E-state index in [1.807, 2.05) is 39.0 Å². The van der Waals surface area contributed by atoms with Gasteiger partial charge < -0.3 is 9.47 Å². The summed E-state index contributed by atoms with van der Waals surface area (Å²) in [6.07, 6.45) is 5.77. The first-order chi connectivity index (χ1) is 6.70. The molecular formula is C11H19NO2. The monoisotopic (exact) mass is 197 g/mol. The summed E-state index contributed by atoms with van der Waals surface area (Å²) in [7, 11) is 1.71. The first kappa shape index (κ1) is 12.8. The van der Waals surface area contributed by atoms with Crippen LogP contribution in [0, 0.1) is 0 Å². The zero-order valence-electron chi connectivity index (χ0n) is 9.41. The number of nitrogens with zero attached hydrogens (tertiary/aromatic N) is 1. The van der Waals surface area contributed by atoms with E-state index in [9.17, 15) is 0 Å². The molecule has 80 valence electrons. The van der Waals surface area contributed by atoms with E-state index < -0.39 is 0 Å². The van der Waals surface area contributed by atoms with Crippen LogP contribution in [0.3, 0.4) is 0 Å². The van der Waals surface area contributed by atoms with E-state index in [2.05, 4.69) is 4.99 Å². The third-order valence-electron chi connectivity index (χ3n) is 1.68. The molecule has 0 radical (unpaired) electrons. The van der Waals surface area contributed by atoms with Crippen molar-refractivity contribution < 1.29 is 9.47 Å². The lowest BCUT2D eigenvalue weighted by Gasteiger charge is -2.02. The molecular weight excluding hydrogens is 178 g/mol. The lowest BCUT2D eigenvalue weighted by Crippen LogP contribution is -1.99. The van der Waals surface area contributed by atoms with Gasteiger partial charge in [0.15, 0.2) is 5.90 Å². The van der Waals surface area contributed by atoms with E-state index in [0.29, 0.717) is 19.1 Å². The Bertz CT molecular complexity index is 205. The topological polar surface area (TPSA) is 30.8 Å². The predicted molar refractivity (Wildman–Crippen MR) is 59.5 cm³/mol. The summed E-state index contributed by atoms with van der Waals surface area (Å²) in [5.74, 6) is 1.63. The van der Waals surface area contributed by atoms with Crippen molar-refractivity contribution >= 4 is 5.90 Å². The molecule has 0 aromatic rings. The molecule has 3 nitrogen and oxygen atoms in total. The molecule has 0 N–H and O–H groups in total. The Balaban J connectivity index is 3.46. The van der Waals surface area contributed by atoms with Gasteiger partial charge in [-0.3, -0.25) is 4.99 Å². The summed E-state index contributed by atoms with van der Waals surface area (Å²) < 4.78 is 10.5. The van der Waals surface area contributed by atoms with Gasteiger partial charge in [0, 0.05) is 14.0 Å². The van der Waals surface area contributed by atoms with Crippen molar-refractivity contribution in [2.45, 2.75) is 20.8 Å². The minimum absolute atomic E-state index is 0.543. The fourth-order valence-electron chi connectivity index (χ4n) is 0.632. The maximum Gasteiger partial charge on any atom is 0.180 e. The molecule has 0 amide bonds. The van der Waals surface area contributed by atoms with Crippen LogP contribution in [-0.4, -0.2) is 26.2 Å². The summed E-state index contributed by atoms with van der Waals surface area (Å²) >= 11 is 0. The van der Waals surface area contributed by atoms with Gasteiger partial charge in [-0.15, -0.1) is 0 Å². The predicted octanol–water partition coefficient (Wildman–Crippen LogP) is 2.55. The SMILES string of the molecule is CC=C(C)OCC=CCOC(C)=NC. The van der Waals surface area contributed by atoms with Crippen molar-refractivity contribution in [1.29, 1.82) is 0 Å². The second-order valence-corrected chi connectivity index (χ2v) is 2.74. The fourth-order valence-corrected chi connectivity index (χ4v) is 0.632. The van der Waals surface area contributed by atoms with Gasteiger partial charge in [-0.1, -0.05) is 0 Å². The smallest absolute Gasteiger partial charge is 0.180 e. The number of hydrogen-bond acceptors (Lipinski definition) is 3. The van der Waals surface area contributed by atoms with Gasteiger partial charge in [0.1, 0.15) is 13.2 Å². The average molecular weight is 197 g/mol. The zero-order valence-corrected chi connectivity index (χ0v) is 9.41. The summed E-state index contributed by atoms with van der Waals surface area (Å²) in [5.41, 5.74) is 0. The van der Waals surface area contributed by atoms with E-state index in [1.165, 1.54) is 0 Å². The standard InChI is InChI=1S/C11H19NO2/c1-5-10(2)13-8-6-7-9-14-11(3)12-4/h5-7H,8-9H2,1-4H3. The molecule has 0 unspecified atom stereocenters. The van der Waals surface area contributed by atoms with Crippen LogP contribution in [0.4, 0.5) is 0 Å². The second-order valence-electron chi connectivity index (χ2n) is 2.74. The van der Waals surface area contributed by atoms with Gasteiger partial charge in [0.25, 0.3) is 0 Å². The Morgan fingerprint density at radius 1 is 1.14 bits per heavy atom. The van der Waals surface area contributed by atoms with Crippen LogP contribution in [0.5, 0.6) is 0 Å². The second kappa shape index (κ2) is 8.35. The highest BCUT2D eigenvalue weighted by Gasteiger charge is 1.86. The van der Waals surface area contributed by atoms with Gasteiger partial charge >= 0.3 is 0 Å². The van der Waals surface area contributed by atoms with E-state index in [-0.39, 0.29) is 0 Å². The summed E-state index contributed by atoms with van der Waals surface area (Å²) in [5, 5.41) is 0. The third-order valence-corrected chi connectivity index (χ3v) is 1.68.